The molecule has 0 spiro atoms. The number of carbonyl (C=O) groups excluding carboxylic acids is 1. The fraction of sp³-hybridized carbons (Fsp3) is 0.304. The average molecular weight is 501 g/mol. The predicted molar refractivity (Wildman–Crippen MR) is 130 cm³/mol. The zero-order valence-electron chi connectivity index (χ0n) is 18.6. The summed E-state index contributed by atoms with van der Waals surface area (Å²) in [5, 5.41) is 11.1. The van der Waals surface area contributed by atoms with Crippen molar-refractivity contribution in [1.82, 2.24) is 8.87 Å². The van der Waals surface area contributed by atoms with Gasteiger partial charge in [-0.3, -0.25) is 14.9 Å². The van der Waals surface area contributed by atoms with Gasteiger partial charge in [-0.05, 0) is 49.1 Å². The summed E-state index contributed by atoms with van der Waals surface area (Å²) in [4.78, 5) is 28.2. The lowest BCUT2D eigenvalue weighted by Gasteiger charge is -2.29. The molecule has 1 aromatic heterocycles. The summed E-state index contributed by atoms with van der Waals surface area (Å²) in [6, 6.07) is 10.3. The molecule has 34 heavy (non-hydrogen) atoms. The van der Waals surface area contributed by atoms with Gasteiger partial charge in [0, 0.05) is 37.3 Å². The van der Waals surface area contributed by atoms with Crippen molar-refractivity contribution in [3.8, 4) is 0 Å². The third-order valence-electron chi connectivity index (χ3n) is 5.87. The highest BCUT2D eigenvalue weighted by atomic mass is 32.2. The monoisotopic (exact) mass is 500 g/mol. The van der Waals surface area contributed by atoms with Crippen molar-refractivity contribution in [3.63, 3.8) is 0 Å². The van der Waals surface area contributed by atoms with E-state index in [1.165, 1.54) is 52.0 Å². The van der Waals surface area contributed by atoms with Crippen LogP contribution in [0.25, 0.3) is 10.2 Å². The first-order valence-corrected chi connectivity index (χ1v) is 13.0. The Morgan fingerprint density at radius 2 is 1.91 bits per heavy atom. The maximum absolute atomic E-state index is 12.9. The third kappa shape index (κ3) is 4.72. The molecule has 2 aromatic carbocycles. The van der Waals surface area contributed by atoms with E-state index in [1.807, 2.05) is 0 Å². The topological polar surface area (TPSA) is 115 Å². The first kappa shape index (κ1) is 24.0. The fourth-order valence-corrected chi connectivity index (χ4v) is 6.40. The molecule has 11 heteroatoms. The third-order valence-corrected chi connectivity index (χ3v) is 8.82. The van der Waals surface area contributed by atoms with Crippen molar-refractivity contribution in [2.24, 2.45) is 10.9 Å². The molecule has 0 N–H and O–H groups in total. The Hall–Kier alpha value is -3.15. The highest BCUT2D eigenvalue weighted by Gasteiger charge is 2.28. The lowest BCUT2D eigenvalue weighted by atomic mass is 10.0. The van der Waals surface area contributed by atoms with Crippen molar-refractivity contribution < 1.29 is 18.1 Å². The molecule has 1 saturated heterocycles. The molecule has 1 aliphatic heterocycles. The minimum absolute atomic E-state index is 0.0441. The first-order valence-electron chi connectivity index (χ1n) is 10.8. The van der Waals surface area contributed by atoms with E-state index < -0.39 is 20.9 Å². The quantitative estimate of drug-likeness (QED) is 0.289. The van der Waals surface area contributed by atoms with E-state index in [1.54, 1.807) is 16.7 Å². The Morgan fingerprint density at radius 1 is 1.24 bits per heavy atom. The lowest BCUT2D eigenvalue weighted by Crippen LogP contribution is -2.37. The minimum Gasteiger partial charge on any atom is -0.312 e. The van der Waals surface area contributed by atoms with E-state index in [0.717, 1.165) is 12.8 Å². The van der Waals surface area contributed by atoms with Crippen LogP contribution in [0.4, 0.5) is 5.69 Å². The molecule has 178 valence electrons. The van der Waals surface area contributed by atoms with Crippen LogP contribution in [0, 0.1) is 16.0 Å². The Morgan fingerprint density at radius 3 is 2.53 bits per heavy atom. The van der Waals surface area contributed by atoms with Gasteiger partial charge in [-0.15, -0.1) is 6.58 Å². The second-order valence-corrected chi connectivity index (χ2v) is 11.2. The zero-order chi connectivity index (χ0) is 24.5. The van der Waals surface area contributed by atoms with Crippen LogP contribution in [-0.2, 0) is 16.6 Å². The van der Waals surface area contributed by atoms with Gasteiger partial charge in [-0.25, -0.2) is 8.42 Å². The SMILES string of the molecule is C=CCn1c(=NC(=O)c2ccc(S(=O)(=O)N3CCC(C)CC3)cc2)sc2cc([N+](=O)[O-])ccc21. The van der Waals surface area contributed by atoms with Gasteiger partial charge in [0.05, 0.1) is 20.0 Å². The van der Waals surface area contributed by atoms with E-state index in [9.17, 15) is 23.3 Å². The number of aromatic nitrogens is 1. The number of amides is 1. The number of hydrogen-bond acceptors (Lipinski definition) is 6. The number of nitro benzene ring substituents is 1. The summed E-state index contributed by atoms with van der Waals surface area (Å²) in [5.41, 5.74) is 0.913. The van der Waals surface area contributed by atoms with Gasteiger partial charge in [-0.2, -0.15) is 9.30 Å². The molecule has 4 rings (SSSR count). The van der Waals surface area contributed by atoms with E-state index in [4.69, 9.17) is 0 Å². The van der Waals surface area contributed by atoms with Crippen molar-refractivity contribution in [1.29, 1.82) is 0 Å². The van der Waals surface area contributed by atoms with Crippen molar-refractivity contribution in [2.45, 2.75) is 31.2 Å². The van der Waals surface area contributed by atoms with E-state index in [2.05, 4.69) is 18.5 Å². The molecule has 0 aliphatic carbocycles. The highest BCUT2D eigenvalue weighted by molar-refractivity contribution is 7.89. The lowest BCUT2D eigenvalue weighted by molar-refractivity contribution is -0.384. The fourth-order valence-electron chi connectivity index (χ4n) is 3.86. The van der Waals surface area contributed by atoms with Crippen LogP contribution in [0.3, 0.4) is 0 Å². The molecule has 0 bridgehead atoms. The normalized spacial score (nSPS) is 16.1. The number of rotatable bonds is 6. The molecule has 2 heterocycles. The smallest absolute Gasteiger partial charge is 0.279 e. The number of thiazole rings is 1. The maximum atomic E-state index is 12.9. The van der Waals surface area contributed by atoms with E-state index >= 15 is 0 Å². The van der Waals surface area contributed by atoms with Crippen molar-refractivity contribution >= 4 is 43.2 Å². The number of non-ortho nitro benzene ring substituents is 1. The molecular formula is C23H24N4O5S2. The summed E-state index contributed by atoms with van der Waals surface area (Å²) in [5.74, 6) is -0.0217. The second kappa shape index (κ2) is 9.61. The summed E-state index contributed by atoms with van der Waals surface area (Å²) in [6.07, 6.45) is 3.31. The summed E-state index contributed by atoms with van der Waals surface area (Å²) < 4.78 is 29.7. The van der Waals surface area contributed by atoms with Gasteiger partial charge < -0.3 is 4.57 Å². The number of piperidine rings is 1. The summed E-state index contributed by atoms with van der Waals surface area (Å²) in [7, 11) is -3.61. The van der Waals surface area contributed by atoms with Crippen molar-refractivity contribution in [3.05, 3.63) is 75.6 Å². The predicted octanol–water partition coefficient (Wildman–Crippen LogP) is 3.96. The van der Waals surface area contributed by atoms with Crippen LogP contribution in [0.15, 0.2) is 65.0 Å². The van der Waals surface area contributed by atoms with Crippen LogP contribution in [0.5, 0.6) is 0 Å². The largest absolute Gasteiger partial charge is 0.312 e. The van der Waals surface area contributed by atoms with Crippen LogP contribution in [0.1, 0.15) is 30.1 Å². The van der Waals surface area contributed by atoms with E-state index in [0.29, 0.717) is 40.6 Å². The zero-order valence-corrected chi connectivity index (χ0v) is 20.2. The van der Waals surface area contributed by atoms with Crippen molar-refractivity contribution in [2.75, 3.05) is 13.1 Å². The van der Waals surface area contributed by atoms with Gasteiger partial charge in [-0.1, -0.05) is 24.3 Å². The molecule has 1 aliphatic rings. The Bertz CT molecular complexity index is 1430. The molecule has 0 atom stereocenters. The van der Waals surface area contributed by atoms with E-state index in [-0.39, 0.29) is 16.1 Å². The number of carbonyl (C=O) groups is 1. The van der Waals surface area contributed by atoms with Gasteiger partial charge in [0.2, 0.25) is 10.0 Å². The standard InChI is InChI=1S/C23H24N4O5S2/c1-3-12-26-20-9-6-18(27(29)30)15-21(20)33-23(26)24-22(28)17-4-7-19(8-5-17)34(31,32)25-13-10-16(2)11-14-25/h3-9,15-16H,1,10-14H2,2H3. The highest BCUT2D eigenvalue weighted by Crippen LogP contribution is 2.25. The summed E-state index contributed by atoms with van der Waals surface area (Å²) in [6.45, 7) is 7.20. The summed E-state index contributed by atoms with van der Waals surface area (Å²) >= 11 is 1.17. The molecule has 0 radical (unpaired) electrons. The number of nitrogens with zero attached hydrogens (tertiary/aromatic N) is 4. The number of nitro groups is 1. The second-order valence-electron chi connectivity index (χ2n) is 8.22. The van der Waals surface area contributed by atoms with Crippen LogP contribution in [-0.4, -0.2) is 41.2 Å². The molecular weight excluding hydrogens is 476 g/mol. The van der Waals surface area contributed by atoms with Gasteiger partial charge in [0.25, 0.3) is 11.6 Å². The number of benzene rings is 2. The van der Waals surface area contributed by atoms with Crippen LogP contribution in [0.2, 0.25) is 0 Å². The first-order chi connectivity index (χ1) is 16.2. The number of sulfonamides is 1. The van der Waals surface area contributed by atoms with Gasteiger partial charge in [0.1, 0.15) is 0 Å². The number of hydrogen-bond donors (Lipinski definition) is 0. The number of allylic oxidation sites excluding steroid dienone is 1. The molecule has 9 nitrogen and oxygen atoms in total. The van der Waals surface area contributed by atoms with Gasteiger partial charge in [0.15, 0.2) is 4.80 Å². The Balaban J connectivity index is 1.64. The molecule has 0 saturated carbocycles. The molecule has 3 aromatic rings. The Kier molecular flexibility index (Phi) is 6.78. The van der Waals surface area contributed by atoms with Crippen LogP contribution < -0.4 is 4.80 Å². The van der Waals surface area contributed by atoms with Gasteiger partial charge >= 0.3 is 0 Å². The minimum atomic E-state index is -3.61. The average Bonchev–Trinajstić information content (AvgIpc) is 3.15. The number of fused-ring (bicyclic) bond motifs is 1. The molecule has 1 fully saturated rings. The van der Waals surface area contributed by atoms with Crippen LogP contribution >= 0.6 is 11.3 Å². The Labute approximate surface area is 200 Å². The maximum Gasteiger partial charge on any atom is 0.279 e. The molecule has 1 amide bonds. The molecule has 0 unspecified atom stereocenters.